The number of aromatic nitrogens is 2. The summed E-state index contributed by atoms with van der Waals surface area (Å²) < 4.78 is 2.20. The third-order valence-corrected chi connectivity index (χ3v) is 5.36. The lowest BCUT2D eigenvalue weighted by Crippen LogP contribution is -2.18. The van der Waals surface area contributed by atoms with Gasteiger partial charge in [-0.2, -0.15) is 17.0 Å². The zero-order chi connectivity index (χ0) is 13.9. The summed E-state index contributed by atoms with van der Waals surface area (Å²) in [6, 6.07) is 7.84. The topological polar surface area (TPSA) is 41.6 Å². The van der Waals surface area contributed by atoms with Gasteiger partial charge in [-0.25, -0.2) is 4.98 Å². The van der Waals surface area contributed by atoms with Crippen molar-refractivity contribution in [2.24, 2.45) is 0 Å². The van der Waals surface area contributed by atoms with Crippen LogP contribution in [-0.4, -0.2) is 20.6 Å². The van der Waals surface area contributed by atoms with Crippen LogP contribution in [0.3, 0.4) is 0 Å². The molecule has 0 spiro atoms. The molecule has 0 bridgehead atoms. The number of fused-ring (bicyclic) bond motifs is 1. The second-order valence-corrected chi connectivity index (χ2v) is 6.75. The van der Waals surface area contributed by atoms with Crippen LogP contribution < -0.4 is 0 Å². The highest BCUT2D eigenvalue weighted by molar-refractivity contribution is 7.99. The lowest BCUT2D eigenvalue weighted by molar-refractivity contribution is 0.582. The van der Waals surface area contributed by atoms with Crippen molar-refractivity contribution in [2.45, 2.75) is 36.9 Å². The van der Waals surface area contributed by atoms with E-state index in [0.29, 0.717) is 16.7 Å². The van der Waals surface area contributed by atoms with Gasteiger partial charge in [0.15, 0.2) is 0 Å². The van der Waals surface area contributed by atoms with Crippen molar-refractivity contribution in [2.75, 3.05) is 5.75 Å². The number of rotatable bonds is 3. The van der Waals surface area contributed by atoms with Crippen LogP contribution in [0.15, 0.2) is 18.2 Å². The van der Waals surface area contributed by atoms with Gasteiger partial charge in [0.1, 0.15) is 5.82 Å². The van der Waals surface area contributed by atoms with Gasteiger partial charge in [-0.05, 0) is 36.8 Å². The maximum Gasteiger partial charge on any atom is 0.124 e. The highest BCUT2D eigenvalue weighted by Crippen LogP contribution is 2.28. The van der Waals surface area contributed by atoms with Crippen LogP contribution in [0.2, 0.25) is 0 Å². The predicted octanol–water partition coefficient (Wildman–Crippen LogP) is 3.93. The fraction of sp³-hybridized carbons (Fsp3) is 0.467. The molecule has 1 aliphatic heterocycles. The number of halogens is 1. The molecule has 20 heavy (non-hydrogen) atoms. The van der Waals surface area contributed by atoms with Gasteiger partial charge in [-0.3, -0.25) is 0 Å². The molecule has 104 valence electrons. The molecule has 0 amide bonds. The number of hydrogen-bond donors (Lipinski definition) is 0. The van der Waals surface area contributed by atoms with E-state index in [1.54, 1.807) is 0 Å². The average Bonchev–Trinajstić information content (AvgIpc) is 2.85. The minimum atomic E-state index is 0.411. The maximum absolute atomic E-state index is 9.06. The Labute approximate surface area is 127 Å². The molecular weight excluding hydrogens is 290 g/mol. The van der Waals surface area contributed by atoms with Crippen molar-refractivity contribution in [3.63, 3.8) is 0 Å². The standard InChI is InChI=1S/C15H16ClN3S/c16-8-15-18-13-5-4-11(9-17)7-14(13)19(15)10-12-3-1-2-6-20-12/h4-5,7,12H,1-3,6,8,10H2. The largest absolute Gasteiger partial charge is 0.326 e. The average molecular weight is 306 g/mol. The molecule has 2 aromatic rings. The van der Waals surface area contributed by atoms with E-state index in [1.807, 2.05) is 30.0 Å². The fourth-order valence-corrected chi connectivity index (χ4v) is 4.20. The van der Waals surface area contributed by atoms with E-state index >= 15 is 0 Å². The molecule has 0 radical (unpaired) electrons. The van der Waals surface area contributed by atoms with E-state index in [0.717, 1.165) is 23.4 Å². The van der Waals surface area contributed by atoms with Crippen molar-refractivity contribution in [1.82, 2.24) is 9.55 Å². The maximum atomic E-state index is 9.06. The smallest absolute Gasteiger partial charge is 0.124 e. The molecule has 0 aliphatic carbocycles. The van der Waals surface area contributed by atoms with E-state index in [9.17, 15) is 0 Å². The Morgan fingerprint density at radius 2 is 2.35 bits per heavy atom. The molecule has 2 heterocycles. The lowest BCUT2D eigenvalue weighted by atomic mass is 10.2. The molecule has 0 saturated carbocycles. The summed E-state index contributed by atoms with van der Waals surface area (Å²) in [5.41, 5.74) is 2.64. The molecule has 1 saturated heterocycles. The second-order valence-electron chi connectivity index (χ2n) is 5.08. The van der Waals surface area contributed by atoms with Gasteiger partial charge in [0.05, 0.1) is 28.5 Å². The Bertz CT molecular complexity index is 653. The molecule has 1 unspecified atom stereocenters. The normalized spacial score (nSPS) is 19.1. The molecule has 1 aromatic carbocycles. The van der Waals surface area contributed by atoms with Crippen molar-refractivity contribution < 1.29 is 0 Å². The van der Waals surface area contributed by atoms with Crippen LogP contribution in [0.5, 0.6) is 0 Å². The predicted molar refractivity (Wildman–Crippen MR) is 84.1 cm³/mol. The molecule has 1 aromatic heterocycles. The van der Waals surface area contributed by atoms with Gasteiger partial charge in [-0.1, -0.05) is 6.42 Å². The zero-order valence-corrected chi connectivity index (χ0v) is 12.8. The number of benzene rings is 1. The quantitative estimate of drug-likeness (QED) is 0.807. The minimum Gasteiger partial charge on any atom is -0.326 e. The van der Waals surface area contributed by atoms with Gasteiger partial charge < -0.3 is 4.57 Å². The minimum absolute atomic E-state index is 0.411. The van der Waals surface area contributed by atoms with Crippen molar-refractivity contribution >= 4 is 34.4 Å². The van der Waals surface area contributed by atoms with E-state index in [-0.39, 0.29) is 0 Å². The van der Waals surface area contributed by atoms with E-state index in [2.05, 4.69) is 15.6 Å². The second kappa shape index (κ2) is 6.07. The Morgan fingerprint density at radius 1 is 1.45 bits per heavy atom. The summed E-state index contributed by atoms with van der Waals surface area (Å²) in [5, 5.41) is 9.70. The van der Waals surface area contributed by atoms with E-state index < -0.39 is 0 Å². The van der Waals surface area contributed by atoms with Crippen LogP contribution in [-0.2, 0) is 12.4 Å². The molecular formula is C15H16ClN3S. The summed E-state index contributed by atoms with van der Waals surface area (Å²) >= 11 is 8.08. The molecule has 1 fully saturated rings. The van der Waals surface area contributed by atoms with Crippen LogP contribution in [0, 0.1) is 11.3 Å². The van der Waals surface area contributed by atoms with E-state index in [4.69, 9.17) is 16.9 Å². The Balaban J connectivity index is 1.99. The van der Waals surface area contributed by atoms with Gasteiger partial charge >= 0.3 is 0 Å². The molecule has 1 aliphatic rings. The first-order valence-electron chi connectivity index (χ1n) is 6.88. The zero-order valence-electron chi connectivity index (χ0n) is 11.2. The van der Waals surface area contributed by atoms with Crippen molar-refractivity contribution in [3.8, 4) is 6.07 Å². The lowest BCUT2D eigenvalue weighted by Gasteiger charge is -2.22. The SMILES string of the molecule is N#Cc1ccc2nc(CCl)n(CC3CCCCS3)c2c1. The fourth-order valence-electron chi connectivity index (χ4n) is 2.70. The summed E-state index contributed by atoms with van der Waals surface area (Å²) in [7, 11) is 0. The van der Waals surface area contributed by atoms with Gasteiger partial charge in [0, 0.05) is 11.8 Å². The number of nitriles is 1. The van der Waals surface area contributed by atoms with Gasteiger partial charge in [-0.15, -0.1) is 11.6 Å². The molecule has 5 heteroatoms. The van der Waals surface area contributed by atoms with Crippen molar-refractivity contribution in [3.05, 3.63) is 29.6 Å². The van der Waals surface area contributed by atoms with E-state index in [1.165, 1.54) is 25.0 Å². The number of thioether (sulfide) groups is 1. The van der Waals surface area contributed by atoms with Crippen molar-refractivity contribution in [1.29, 1.82) is 5.26 Å². The molecule has 0 N–H and O–H groups in total. The first kappa shape index (κ1) is 13.8. The van der Waals surface area contributed by atoms with Gasteiger partial charge in [0.2, 0.25) is 0 Å². The molecule has 3 nitrogen and oxygen atoms in total. The molecule has 3 rings (SSSR count). The Hall–Kier alpha value is -1.18. The first-order valence-corrected chi connectivity index (χ1v) is 8.47. The van der Waals surface area contributed by atoms with Crippen LogP contribution in [0.25, 0.3) is 11.0 Å². The number of alkyl halides is 1. The summed E-state index contributed by atoms with van der Waals surface area (Å²) in [6.07, 6.45) is 3.89. The summed E-state index contributed by atoms with van der Waals surface area (Å²) in [6.45, 7) is 0.943. The Morgan fingerprint density at radius 3 is 3.05 bits per heavy atom. The van der Waals surface area contributed by atoms with Gasteiger partial charge in [0.25, 0.3) is 0 Å². The third-order valence-electron chi connectivity index (χ3n) is 3.74. The monoisotopic (exact) mass is 305 g/mol. The summed E-state index contributed by atoms with van der Waals surface area (Å²) in [4.78, 5) is 4.58. The molecule has 1 atom stereocenters. The number of nitrogens with zero attached hydrogens (tertiary/aromatic N) is 3. The van der Waals surface area contributed by atoms with Crippen LogP contribution in [0.1, 0.15) is 30.7 Å². The number of imidazole rings is 1. The Kier molecular flexibility index (Phi) is 4.18. The van der Waals surface area contributed by atoms with Crippen LogP contribution >= 0.6 is 23.4 Å². The highest BCUT2D eigenvalue weighted by atomic mass is 35.5. The van der Waals surface area contributed by atoms with Crippen LogP contribution in [0.4, 0.5) is 0 Å². The first-order chi connectivity index (χ1) is 9.81. The number of hydrogen-bond acceptors (Lipinski definition) is 3. The third kappa shape index (κ3) is 2.65. The summed E-state index contributed by atoms with van der Waals surface area (Å²) in [5.74, 6) is 2.56. The highest BCUT2D eigenvalue weighted by Gasteiger charge is 2.18.